The average molecular weight is 457 g/mol. The highest BCUT2D eigenvalue weighted by atomic mass is 19.1. The quantitative estimate of drug-likeness (QED) is 0.405. The summed E-state index contributed by atoms with van der Waals surface area (Å²) in [7, 11) is 1.74. The number of anilines is 1. The van der Waals surface area contributed by atoms with Crippen molar-refractivity contribution in [3.05, 3.63) is 70.5 Å². The number of piperidine rings is 1. The molecule has 172 valence electrons. The predicted molar refractivity (Wildman–Crippen MR) is 130 cm³/mol. The van der Waals surface area contributed by atoms with Crippen LogP contribution < -0.4 is 10.5 Å². The molecule has 34 heavy (non-hydrogen) atoms. The highest BCUT2D eigenvalue weighted by molar-refractivity contribution is 5.88. The molecule has 4 aromatic rings. The molecule has 0 spiro atoms. The van der Waals surface area contributed by atoms with E-state index in [2.05, 4.69) is 11.8 Å². The molecule has 5 rings (SSSR count). The van der Waals surface area contributed by atoms with Crippen LogP contribution in [0, 0.1) is 23.1 Å². The molecule has 0 aliphatic carbocycles. The van der Waals surface area contributed by atoms with Gasteiger partial charge in [-0.1, -0.05) is 25.5 Å². The number of rotatable bonds is 4. The normalized spacial score (nSPS) is 14.5. The van der Waals surface area contributed by atoms with Gasteiger partial charge in [-0.25, -0.2) is 9.37 Å². The monoisotopic (exact) mass is 456 g/mol. The van der Waals surface area contributed by atoms with Crippen LogP contribution in [0.4, 0.5) is 10.3 Å². The third-order valence-electron chi connectivity index (χ3n) is 6.85. The molecule has 0 bridgehead atoms. The van der Waals surface area contributed by atoms with Crippen molar-refractivity contribution in [2.24, 2.45) is 13.0 Å². The molecule has 1 fully saturated rings. The summed E-state index contributed by atoms with van der Waals surface area (Å²) in [4.78, 5) is 20.8. The second-order valence-electron chi connectivity index (χ2n) is 8.82. The lowest BCUT2D eigenvalue weighted by Gasteiger charge is -2.33. The molecule has 0 saturated carbocycles. The number of hydrogen-bond donors (Lipinski definition) is 0. The van der Waals surface area contributed by atoms with Gasteiger partial charge in [0.1, 0.15) is 17.5 Å². The van der Waals surface area contributed by atoms with Crippen molar-refractivity contribution in [1.82, 2.24) is 9.55 Å². The molecule has 0 atom stereocenters. The highest BCUT2D eigenvalue weighted by Crippen LogP contribution is 2.33. The highest BCUT2D eigenvalue weighted by Gasteiger charge is 2.25. The minimum Gasteiger partial charge on any atom is -0.464 e. The van der Waals surface area contributed by atoms with E-state index in [0.29, 0.717) is 34.3 Å². The second-order valence-corrected chi connectivity index (χ2v) is 8.82. The molecule has 0 radical (unpaired) electrons. The molecule has 2 aromatic heterocycles. The Morgan fingerprint density at radius 3 is 2.62 bits per heavy atom. The summed E-state index contributed by atoms with van der Waals surface area (Å²) in [5, 5.41) is 10.0. The molecular formula is C27H25FN4O2. The fourth-order valence-electron chi connectivity index (χ4n) is 4.76. The van der Waals surface area contributed by atoms with Crippen molar-refractivity contribution in [3.63, 3.8) is 0 Å². The van der Waals surface area contributed by atoms with Gasteiger partial charge in [0.05, 0.1) is 23.1 Å². The van der Waals surface area contributed by atoms with E-state index in [0.717, 1.165) is 43.3 Å². The summed E-state index contributed by atoms with van der Waals surface area (Å²) in [6.07, 6.45) is 4.84. The third kappa shape index (κ3) is 3.75. The van der Waals surface area contributed by atoms with Gasteiger partial charge in [0.2, 0.25) is 5.95 Å². The summed E-state index contributed by atoms with van der Waals surface area (Å²) in [6.45, 7) is 3.85. The number of hydrogen-bond acceptors (Lipinski definition) is 5. The van der Waals surface area contributed by atoms with E-state index in [-0.39, 0.29) is 11.1 Å². The van der Waals surface area contributed by atoms with Gasteiger partial charge in [0, 0.05) is 31.1 Å². The molecule has 6 nitrogen and oxygen atoms in total. The molecule has 0 amide bonds. The van der Waals surface area contributed by atoms with Crippen LogP contribution in [0.5, 0.6) is 0 Å². The molecule has 7 heteroatoms. The van der Waals surface area contributed by atoms with Gasteiger partial charge >= 0.3 is 0 Å². The van der Waals surface area contributed by atoms with E-state index in [1.165, 1.54) is 12.1 Å². The van der Waals surface area contributed by atoms with Gasteiger partial charge in [-0.15, -0.1) is 0 Å². The van der Waals surface area contributed by atoms with Crippen LogP contribution in [0.2, 0.25) is 0 Å². The van der Waals surface area contributed by atoms with Crippen LogP contribution >= 0.6 is 0 Å². The zero-order valence-electron chi connectivity index (χ0n) is 19.2. The van der Waals surface area contributed by atoms with Gasteiger partial charge in [0.25, 0.3) is 5.56 Å². The van der Waals surface area contributed by atoms with Crippen molar-refractivity contribution in [3.8, 4) is 28.5 Å². The van der Waals surface area contributed by atoms with Crippen LogP contribution in [0.25, 0.3) is 33.4 Å². The van der Waals surface area contributed by atoms with Crippen molar-refractivity contribution in [1.29, 1.82) is 5.26 Å². The fraction of sp³-hybridized carbons (Fsp3) is 0.296. The number of fused-ring (bicyclic) bond motifs is 1. The SMILES string of the molecule is CCC1CCN(c2nc(-c3ccc(C#N)c(F)c3)c(-c3ccc4occc4c3)c(=O)n2C)CC1. The number of benzene rings is 2. The van der Waals surface area contributed by atoms with Crippen molar-refractivity contribution < 1.29 is 8.81 Å². The minimum absolute atomic E-state index is 0.0455. The first kappa shape index (κ1) is 21.9. The number of halogens is 1. The Morgan fingerprint density at radius 1 is 1.15 bits per heavy atom. The molecule has 3 heterocycles. The lowest BCUT2D eigenvalue weighted by atomic mass is 9.94. The summed E-state index contributed by atoms with van der Waals surface area (Å²) >= 11 is 0. The zero-order valence-corrected chi connectivity index (χ0v) is 19.2. The number of nitrogens with zero attached hydrogens (tertiary/aromatic N) is 4. The number of furan rings is 1. The fourth-order valence-corrected chi connectivity index (χ4v) is 4.76. The Balaban J connectivity index is 1.72. The molecule has 0 unspecified atom stereocenters. The van der Waals surface area contributed by atoms with Gasteiger partial charge in [-0.2, -0.15) is 5.26 Å². The van der Waals surface area contributed by atoms with Gasteiger partial charge in [-0.05, 0) is 54.7 Å². The van der Waals surface area contributed by atoms with Crippen LogP contribution in [0.15, 0.2) is 57.9 Å². The second kappa shape index (κ2) is 8.79. The average Bonchev–Trinajstić information content (AvgIpc) is 3.33. The smallest absolute Gasteiger partial charge is 0.263 e. The van der Waals surface area contributed by atoms with Crippen LogP contribution in [-0.2, 0) is 7.05 Å². The van der Waals surface area contributed by atoms with Gasteiger partial charge < -0.3 is 9.32 Å². The van der Waals surface area contributed by atoms with Crippen LogP contribution in [0.1, 0.15) is 31.7 Å². The van der Waals surface area contributed by atoms with Crippen molar-refractivity contribution in [2.75, 3.05) is 18.0 Å². The maximum absolute atomic E-state index is 14.6. The Labute approximate surface area is 196 Å². The van der Waals surface area contributed by atoms with Crippen molar-refractivity contribution >= 4 is 16.9 Å². The van der Waals surface area contributed by atoms with Crippen LogP contribution in [-0.4, -0.2) is 22.6 Å². The summed E-state index contributed by atoms with van der Waals surface area (Å²) in [6, 6.07) is 13.6. The first-order valence-electron chi connectivity index (χ1n) is 11.5. The first-order valence-corrected chi connectivity index (χ1v) is 11.5. The first-order chi connectivity index (χ1) is 16.5. The molecular weight excluding hydrogens is 431 g/mol. The van der Waals surface area contributed by atoms with Crippen molar-refractivity contribution in [2.45, 2.75) is 26.2 Å². The Hall–Kier alpha value is -3.92. The van der Waals surface area contributed by atoms with E-state index in [1.807, 2.05) is 30.3 Å². The van der Waals surface area contributed by atoms with Gasteiger partial charge in [-0.3, -0.25) is 9.36 Å². The minimum atomic E-state index is -0.635. The molecule has 2 aromatic carbocycles. The van der Waals surface area contributed by atoms with E-state index in [1.54, 1.807) is 23.9 Å². The van der Waals surface area contributed by atoms with E-state index >= 15 is 0 Å². The topological polar surface area (TPSA) is 75.1 Å². The molecule has 1 aliphatic heterocycles. The maximum atomic E-state index is 14.6. The third-order valence-corrected chi connectivity index (χ3v) is 6.85. The Kier molecular flexibility index (Phi) is 5.66. The molecule has 0 N–H and O–H groups in total. The summed E-state index contributed by atoms with van der Waals surface area (Å²) in [5.41, 5.74) is 2.40. The van der Waals surface area contributed by atoms with E-state index in [9.17, 15) is 9.18 Å². The van der Waals surface area contributed by atoms with Crippen LogP contribution in [0.3, 0.4) is 0 Å². The van der Waals surface area contributed by atoms with E-state index in [4.69, 9.17) is 14.7 Å². The Bertz CT molecular complexity index is 1470. The standard InChI is InChI=1S/C27H25FN4O2/c1-3-17-8-11-32(12-9-17)27-30-25(20-4-5-21(16-29)22(28)15-20)24(26(33)31(27)2)19-6-7-23-18(14-19)10-13-34-23/h4-7,10,13-15,17H,3,8-9,11-12H2,1-2H3. The largest absolute Gasteiger partial charge is 0.464 e. The number of aromatic nitrogens is 2. The lowest BCUT2D eigenvalue weighted by molar-refractivity contribution is 0.390. The lowest BCUT2D eigenvalue weighted by Crippen LogP contribution is -2.38. The van der Waals surface area contributed by atoms with E-state index < -0.39 is 5.82 Å². The Morgan fingerprint density at radius 2 is 1.91 bits per heavy atom. The molecule has 1 aliphatic rings. The van der Waals surface area contributed by atoms with Gasteiger partial charge in [0.15, 0.2) is 0 Å². The number of nitriles is 1. The molecule has 1 saturated heterocycles. The summed E-state index contributed by atoms with van der Waals surface area (Å²) in [5.74, 6) is 0.623. The zero-order chi connectivity index (χ0) is 23.8. The maximum Gasteiger partial charge on any atom is 0.263 e. The summed E-state index contributed by atoms with van der Waals surface area (Å²) < 4.78 is 21.6. The predicted octanol–water partition coefficient (Wildman–Crippen LogP) is 5.50.